The second-order valence-corrected chi connectivity index (χ2v) is 10.4. The van der Waals surface area contributed by atoms with Gasteiger partial charge in [-0.3, -0.25) is 9.59 Å². The van der Waals surface area contributed by atoms with E-state index in [0.29, 0.717) is 22.7 Å². The number of amides is 4. The number of alkyl halides is 3. The molecular formula is C29H37F3N4O6. The molecule has 3 atom stereocenters. The summed E-state index contributed by atoms with van der Waals surface area (Å²) < 4.78 is 49.1. The number of urea groups is 1. The molecular weight excluding hydrogens is 557 g/mol. The molecule has 230 valence electrons. The van der Waals surface area contributed by atoms with Crippen molar-refractivity contribution in [3.8, 4) is 11.5 Å². The third kappa shape index (κ3) is 9.26. The SMILES string of the molecule is COc1ccc(NC(=O)N(C)C[C@@H]2Oc3ccc(NC(=O)CCC(F)(F)F)cc3CC(=O)N([C@@H](C)CO)C[C@H]2C)cc1. The maximum atomic E-state index is 13.3. The molecule has 0 saturated heterocycles. The van der Waals surface area contributed by atoms with Crippen LogP contribution < -0.4 is 20.1 Å². The van der Waals surface area contributed by atoms with Crippen LogP contribution in [0.5, 0.6) is 11.5 Å². The van der Waals surface area contributed by atoms with Gasteiger partial charge < -0.3 is 35.0 Å². The zero-order valence-corrected chi connectivity index (χ0v) is 24.0. The number of halogens is 3. The Balaban J connectivity index is 1.83. The summed E-state index contributed by atoms with van der Waals surface area (Å²) in [6.45, 7) is 3.72. The number of hydrogen-bond donors (Lipinski definition) is 3. The van der Waals surface area contributed by atoms with E-state index in [-0.39, 0.29) is 49.7 Å². The lowest BCUT2D eigenvalue weighted by molar-refractivity contribution is -0.142. The monoisotopic (exact) mass is 594 g/mol. The number of methoxy groups -OCH3 is 1. The standard InChI is InChI=1S/C29H37F3N4O6/c1-18-15-36(19(2)17-37)27(39)14-20-13-22(33-26(38)11-12-29(30,31)32)7-10-24(20)42-25(18)16-35(3)28(40)34-21-5-8-23(41-4)9-6-21/h5-10,13,18-19,25,37H,11-12,14-17H2,1-4H3,(H,33,38)(H,34,40)/t18-,19+,25+/m1/s1. The van der Waals surface area contributed by atoms with Gasteiger partial charge in [0.1, 0.15) is 17.6 Å². The van der Waals surface area contributed by atoms with Crippen LogP contribution in [0, 0.1) is 5.92 Å². The van der Waals surface area contributed by atoms with Crippen LogP contribution >= 0.6 is 0 Å². The molecule has 2 aromatic rings. The second-order valence-electron chi connectivity index (χ2n) is 10.4. The minimum absolute atomic E-state index is 0.126. The number of ether oxygens (including phenoxy) is 2. The van der Waals surface area contributed by atoms with Crippen molar-refractivity contribution in [2.45, 2.75) is 51.4 Å². The number of aliphatic hydroxyl groups excluding tert-OH is 1. The van der Waals surface area contributed by atoms with Gasteiger partial charge >= 0.3 is 12.2 Å². The van der Waals surface area contributed by atoms with Crippen molar-refractivity contribution >= 4 is 29.2 Å². The van der Waals surface area contributed by atoms with Crippen LogP contribution in [0.4, 0.5) is 29.3 Å². The van der Waals surface area contributed by atoms with Gasteiger partial charge in [-0.15, -0.1) is 0 Å². The number of aliphatic hydroxyl groups is 1. The Morgan fingerprint density at radius 2 is 1.83 bits per heavy atom. The summed E-state index contributed by atoms with van der Waals surface area (Å²) in [6, 6.07) is 10.5. The van der Waals surface area contributed by atoms with Crippen LogP contribution in [0.15, 0.2) is 42.5 Å². The van der Waals surface area contributed by atoms with Gasteiger partial charge in [0, 0.05) is 42.9 Å². The van der Waals surface area contributed by atoms with E-state index >= 15 is 0 Å². The molecule has 3 rings (SSSR count). The summed E-state index contributed by atoms with van der Waals surface area (Å²) in [5.41, 5.74) is 1.20. The molecule has 10 nitrogen and oxygen atoms in total. The number of carbonyl (C=O) groups excluding carboxylic acids is 3. The molecule has 2 aromatic carbocycles. The van der Waals surface area contributed by atoms with Crippen molar-refractivity contribution < 1.29 is 42.1 Å². The minimum atomic E-state index is -4.46. The highest BCUT2D eigenvalue weighted by Gasteiger charge is 2.32. The van der Waals surface area contributed by atoms with Crippen LogP contribution in [0.25, 0.3) is 0 Å². The lowest BCUT2D eigenvalue weighted by Crippen LogP contribution is -2.48. The quantitative estimate of drug-likeness (QED) is 0.399. The van der Waals surface area contributed by atoms with Gasteiger partial charge in [0.2, 0.25) is 11.8 Å². The average molecular weight is 595 g/mol. The number of carbonyl (C=O) groups is 3. The van der Waals surface area contributed by atoms with E-state index in [4.69, 9.17) is 9.47 Å². The lowest BCUT2D eigenvalue weighted by atomic mass is 10.0. The third-order valence-corrected chi connectivity index (χ3v) is 6.98. The number of nitrogens with zero attached hydrogens (tertiary/aromatic N) is 2. The highest BCUT2D eigenvalue weighted by molar-refractivity contribution is 5.91. The van der Waals surface area contributed by atoms with Crippen LogP contribution in [0.2, 0.25) is 0 Å². The Morgan fingerprint density at radius 1 is 1.17 bits per heavy atom. The normalized spacial score (nSPS) is 18.0. The third-order valence-electron chi connectivity index (χ3n) is 6.98. The van der Waals surface area contributed by atoms with Gasteiger partial charge in [-0.05, 0) is 49.4 Å². The topological polar surface area (TPSA) is 120 Å². The predicted molar refractivity (Wildman–Crippen MR) is 151 cm³/mol. The van der Waals surface area contributed by atoms with Crippen LogP contribution in [-0.2, 0) is 16.0 Å². The first kappa shape index (κ1) is 32.5. The number of anilines is 2. The largest absolute Gasteiger partial charge is 0.497 e. The fourth-order valence-corrected chi connectivity index (χ4v) is 4.45. The van der Waals surface area contributed by atoms with Crippen LogP contribution in [-0.4, -0.2) is 84.9 Å². The van der Waals surface area contributed by atoms with E-state index in [1.165, 1.54) is 17.0 Å². The van der Waals surface area contributed by atoms with Crippen molar-refractivity contribution in [2.75, 3.05) is 44.5 Å². The lowest BCUT2D eigenvalue weighted by Gasteiger charge is -2.34. The second kappa shape index (κ2) is 14.3. The summed E-state index contributed by atoms with van der Waals surface area (Å²) in [5, 5.41) is 15.1. The van der Waals surface area contributed by atoms with Gasteiger partial charge in [-0.25, -0.2) is 4.79 Å². The summed E-state index contributed by atoms with van der Waals surface area (Å²) in [6.07, 6.45) is -7.15. The van der Waals surface area contributed by atoms with Crippen molar-refractivity contribution in [3.63, 3.8) is 0 Å². The predicted octanol–water partition coefficient (Wildman–Crippen LogP) is 4.29. The minimum Gasteiger partial charge on any atom is -0.497 e. The van der Waals surface area contributed by atoms with E-state index in [9.17, 15) is 32.7 Å². The van der Waals surface area contributed by atoms with Gasteiger partial charge in [-0.1, -0.05) is 6.92 Å². The molecule has 1 heterocycles. The zero-order chi connectivity index (χ0) is 31.0. The first-order valence-electron chi connectivity index (χ1n) is 13.5. The first-order chi connectivity index (χ1) is 19.8. The Morgan fingerprint density at radius 3 is 2.45 bits per heavy atom. The number of nitrogens with one attached hydrogen (secondary N) is 2. The van der Waals surface area contributed by atoms with Crippen LogP contribution in [0.1, 0.15) is 32.3 Å². The summed E-state index contributed by atoms with van der Waals surface area (Å²) in [5.74, 6) is -0.384. The molecule has 4 amide bonds. The number of fused-ring (bicyclic) bond motifs is 1. The summed E-state index contributed by atoms with van der Waals surface area (Å²) >= 11 is 0. The van der Waals surface area contributed by atoms with Gasteiger partial charge in [0.25, 0.3) is 0 Å². The van der Waals surface area contributed by atoms with E-state index in [1.54, 1.807) is 56.3 Å². The molecule has 0 saturated carbocycles. The molecule has 0 aromatic heterocycles. The zero-order valence-electron chi connectivity index (χ0n) is 24.0. The van der Waals surface area contributed by atoms with E-state index < -0.39 is 37.1 Å². The Bertz CT molecular complexity index is 1240. The van der Waals surface area contributed by atoms with Crippen molar-refractivity contribution in [1.82, 2.24) is 9.80 Å². The number of benzene rings is 2. The Hall–Kier alpha value is -4.00. The van der Waals surface area contributed by atoms with E-state index in [1.807, 2.05) is 6.92 Å². The molecule has 42 heavy (non-hydrogen) atoms. The average Bonchev–Trinajstić information content (AvgIpc) is 2.99. The number of rotatable bonds is 9. The molecule has 0 radical (unpaired) electrons. The fourth-order valence-electron chi connectivity index (χ4n) is 4.45. The molecule has 0 spiro atoms. The maximum Gasteiger partial charge on any atom is 0.389 e. The van der Waals surface area contributed by atoms with E-state index in [0.717, 1.165) is 0 Å². The molecule has 0 bridgehead atoms. The molecule has 0 aliphatic carbocycles. The summed E-state index contributed by atoms with van der Waals surface area (Å²) in [4.78, 5) is 41.4. The Labute approximate surface area is 242 Å². The molecule has 1 aliphatic heterocycles. The smallest absolute Gasteiger partial charge is 0.389 e. The molecule has 0 fully saturated rings. The van der Waals surface area contributed by atoms with Crippen molar-refractivity contribution in [1.29, 1.82) is 0 Å². The van der Waals surface area contributed by atoms with Crippen LogP contribution in [0.3, 0.4) is 0 Å². The summed E-state index contributed by atoms with van der Waals surface area (Å²) in [7, 11) is 3.16. The highest BCUT2D eigenvalue weighted by atomic mass is 19.4. The Kier molecular flexibility index (Phi) is 11.0. The number of hydrogen-bond acceptors (Lipinski definition) is 6. The van der Waals surface area contributed by atoms with Crippen molar-refractivity contribution in [3.05, 3.63) is 48.0 Å². The highest BCUT2D eigenvalue weighted by Crippen LogP contribution is 2.30. The maximum absolute atomic E-state index is 13.3. The first-order valence-corrected chi connectivity index (χ1v) is 13.5. The molecule has 0 unspecified atom stereocenters. The van der Waals surface area contributed by atoms with Gasteiger partial charge in [0.05, 0.1) is 39.1 Å². The van der Waals surface area contributed by atoms with Gasteiger partial charge in [-0.2, -0.15) is 13.2 Å². The van der Waals surface area contributed by atoms with Gasteiger partial charge in [0.15, 0.2) is 0 Å². The number of likely N-dealkylation sites (N-methyl/N-ethyl adjacent to an activating group) is 1. The fraction of sp³-hybridized carbons (Fsp3) is 0.483. The van der Waals surface area contributed by atoms with E-state index in [2.05, 4.69) is 10.6 Å². The molecule has 1 aliphatic rings. The molecule has 13 heteroatoms. The molecule has 3 N–H and O–H groups in total. The van der Waals surface area contributed by atoms with Crippen molar-refractivity contribution in [2.24, 2.45) is 5.92 Å².